The molecule has 2 heterocycles. The van der Waals surface area contributed by atoms with Crippen LogP contribution < -0.4 is 0 Å². The molecule has 0 bridgehead atoms. The summed E-state index contributed by atoms with van der Waals surface area (Å²) in [5.41, 5.74) is 1.80. The minimum absolute atomic E-state index is 0.0350. The van der Waals surface area contributed by atoms with Crippen LogP contribution in [-0.4, -0.2) is 53.3 Å². The molecule has 2 aromatic heterocycles. The van der Waals surface area contributed by atoms with E-state index >= 15 is 0 Å². The Bertz CT molecular complexity index is 946. The van der Waals surface area contributed by atoms with Crippen molar-refractivity contribution in [2.24, 2.45) is 0 Å². The first kappa shape index (κ1) is 18.6. The van der Waals surface area contributed by atoms with Gasteiger partial charge < -0.3 is 14.2 Å². The zero-order chi connectivity index (χ0) is 19.4. The monoisotopic (exact) mass is 365 g/mol. The maximum Gasteiger partial charge on any atom is 0.254 e. The first-order valence-electron chi connectivity index (χ1n) is 9.02. The van der Waals surface area contributed by atoms with Crippen molar-refractivity contribution in [1.82, 2.24) is 14.8 Å². The molecule has 2 amide bonds. The van der Waals surface area contributed by atoms with Crippen LogP contribution in [0.5, 0.6) is 0 Å². The Morgan fingerprint density at radius 2 is 1.81 bits per heavy atom. The quantitative estimate of drug-likeness (QED) is 0.671. The van der Waals surface area contributed by atoms with Gasteiger partial charge in [0, 0.05) is 25.5 Å². The number of para-hydroxylation sites is 1. The Morgan fingerprint density at radius 3 is 2.48 bits per heavy atom. The van der Waals surface area contributed by atoms with Crippen molar-refractivity contribution in [1.29, 1.82) is 0 Å². The fourth-order valence-electron chi connectivity index (χ4n) is 3.06. The molecule has 6 heteroatoms. The highest BCUT2D eigenvalue weighted by molar-refractivity contribution is 6.07. The third-order valence-corrected chi connectivity index (χ3v) is 4.56. The molecule has 0 saturated carbocycles. The molecule has 0 saturated heterocycles. The molecule has 0 spiro atoms. The third kappa shape index (κ3) is 3.84. The van der Waals surface area contributed by atoms with Crippen LogP contribution in [0.4, 0.5) is 0 Å². The van der Waals surface area contributed by atoms with Crippen LogP contribution in [0.2, 0.25) is 0 Å². The number of likely N-dealkylation sites (N-methyl/N-ethyl adjacent to an activating group) is 2. The number of carbonyl (C=O) groups excluding carboxylic acids is 2. The standard InChI is InChI=1S/C21H23N3O3/c1-4-24(5-2)20(25)14-23(3)21(26)16-13-18(19-11-8-12-27-19)22-17-10-7-6-9-15(16)17/h6-13H,4-5,14H2,1-3H3. The Kier molecular flexibility index (Phi) is 5.54. The van der Waals surface area contributed by atoms with Gasteiger partial charge >= 0.3 is 0 Å². The largest absolute Gasteiger partial charge is 0.463 e. The van der Waals surface area contributed by atoms with E-state index in [-0.39, 0.29) is 18.4 Å². The van der Waals surface area contributed by atoms with E-state index in [1.807, 2.05) is 38.1 Å². The highest BCUT2D eigenvalue weighted by Crippen LogP contribution is 2.26. The van der Waals surface area contributed by atoms with Crippen molar-refractivity contribution in [3.05, 3.63) is 54.3 Å². The average Bonchev–Trinajstić information content (AvgIpc) is 3.22. The predicted molar refractivity (Wildman–Crippen MR) is 104 cm³/mol. The van der Waals surface area contributed by atoms with E-state index in [9.17, 15) is 9.59 Å². The van der Waals surface area contributed by atoms with Crippen molar-refractivity contribution >= 4 is 22.7 Å². The summed E-state index contributed by atoms with van der Waals surface area (Å²) in [6, 6.07) is 12.8. The van der Waals surface area contributed by atoms with Gasteiger partial charge in [0.2, 0.25) is 5.91 Å². The van der Waals surface area contributed by atoms with Gasteiger partial charge in [0.15, 0.2) is 5.76 Å². The van der Waals surface area contributed by atoms with Crippen LogP contribution in [-0.2, 0) is 4.79 Å². The summed E-state index contributed by atoms with van der Waals surface area (Å²) in [6.07, 6.45) is 1.57. The van der Waals surface area contributed by atoms with Crippen molar-refractivity contribution in [2.45, 2.75) is 13.8 Å². The summed E-state index contributed by atoms with van der Waals surface area (Å²) in [5, 5.41) is 0.750. The van der Waals surface area contributed by atoms with Crippen LogP contribution in [0.3, 0.4) is 0 Å². The lowest BCUT2D eigenvalue weighted by molar-refractivity contribution is -0.131. The third-order valence-electron chi connectivity index (χ3n) is 4.56. The van der Waals surface area contributed by atoms with Gasteiger partial charge in [-0.05, 0) is 38.1 Å². The molecule has 0 aliphatic rings. The second-order valence-corrected chi connectivity index (χ2v) is 6.28. The Morgan fingerprint density at radius 1 is 1.07 bits per heavy atom. The Balaban J connectivity index is 1.97. The average molecular weight is 365 g/mol. The van der Waals surface area contributed by atoms with Crippen LogP contribution in [0, 0.1) is 0 Å². The van der Waals surface area contributed by atoms with Gasteiger partial charge in [0.05, 0.1) is 23.9 Å². The van der Waals surface area contributed by atoms with Crippen LogP contribution >= 0.6 is 0 Å². The predicted octanol–water partition coefficient (Wildman–Crippen LogP) is 3.44. The fourth-order valence-corrected chi connectivity index (χ4v) is 3.06. The molecule has 140 valence electrons. The van der Waals surface area contributed by atoms with E-state index in [1.165, 1.54) is 4.90 Å². The summed E-state index contributed by atoms with van der Waals surface area (Å²) in [6.45, 7) is 5.13. The topological polar surface area (TPSA) is 66.7 Å². The zero-order valence-electron chi connectivity index (χ0n) is 15.8. The van der Waals surface area contributed by atoms with Gasteiger partial charge in [-0.1, -0.05) is 18.2 Å². The molecular weight excluding hydrogens is 342 g/mol. The van der Waals surface area contributed by atoms with E-state index in [1.54, 1.807) is 36.4 Å². The van der Waals surface area contributed by atoms with E-state index in [0.29, 0.717) is 35.6 Å². The number of furan rings is 1. The zero-order valence-corrected chi connectivity index (χ0v) is 15.8. The molecular formula is C21H23N3O3. The minimum Gasteiger partial charge on any atom is -0.463 e. The molecule has 0 fully saturated rings. The smallest absolute Gasteiger partial charge is 0.254 e. The molecule has 0 N–H and O–H groups in total. The molecule has 3 rings (SSSR count). The second kappa shape index (κ2) is 8.03. The summed E-state index contributed by atoms with van der Waals surface area (Å²) in [4.78, 5) is 33.2. The number of aromatic nitrogens is 1. The molecule has 0 unspecified atom stereocenters. The van der Waals surface area contributed by atoms with Crippen LogP contribution in [0.1, 0.15) is 24.2 Å². The number of fused-ring (bicyclic) bond motifs is 1. The Labute approximate surface area is 158 Å². The molecule has 0 atom stereocenters. The summed E-state index contributed by atoms with van der Waals surface area (Å²) >= 11 is 0. The van der Waals surface area contributed by atoms with Crippen LogP contribution in [0.15, 0.2) is 53.1 Å². The second-order valence-electron chi connectivity index (χ2n) is 6.28. The highest BCUT2D eigenvalue weighted by atomic mass is 16.3. The van der Waals surface area contributed by atoms with Crippen molar-refractivity contribution in [3.63, 3.8) is 0 Å². The summed E-state index contributed by atoms with van der Waals surface area (Å²) in [7, 11) is 1.64. The number of hydrogen-bond donors (Lipinski definition) is 0. The van der Waals surface area contributed by atoms with Gasteiger partial charge in [-0.25, -0.2) is 4.98 Å². The lowest BCUT2D eigenvalue weighted by Gasteiger charge is -2.23. The maximum atomic E-state index is 13.1. The van der Waals surface area contributed by atoms with E-state index < -0.39 is 0 Å². The molecule has 0 aliphatic heterocycles. The minimum atomic E-state index is -0.220. The molecule has 1 aromatic carbocycles. The van der Waals surface area contributed by atoms with Gasteiger partial charge in [-0.15, -0.1) is 0 Å². The van der Waals surface area contributed by atoms with Crippen molar-refractivity contribution < 1.29 is 14.0 Å². The van der Waals surface area contributed by atoms with Crippen molar-refractivity contribution in [2.75, 3.05) is 26.7 Å². The SMILES string of the molecule is CCN(CC)C(=O)CN(C)C(=O)c1cc(-c2ccco2)nc2ccccc12. The van der Waals surface area contributed by atoms with Crippen LogP contribution in [0.25, 0.3) is 22.4 Å². The lowest BCUT2D eigenvalue weighted by Crippen LogP contribution is -2.41. The summed E-state index contributed by atoms with van der Waals surface area (Å²) < 4.78 is 5.44. The van der Waals surface area contributed by atoms with Gasteiger partial charge in [-0.3, -0.25) is 9.59 Å². The number of hydrogen-bond acceptors (Lipinski definition) is 4. The highest BCUT2D eigenvalue weighted by Gasteiger charge is 2.21. The van der Waals surface area contributed by atoms with E-state index in [2.05, 4.69) is 4.98 Å². The van der Waals surface area contributed by atoms with Gasteiger partial charge in [0.25, 0.3) is 5.91 Å². The molecule has 0 aliphatic carbocycles. The van der Waals surface area contributed by atoms with E-state index in [4.69, 9.17) is 4.42 Å². The first-order chi connectivity index (χ1) is 13.0. The number of nitrogens with zero attached hydrogens (tertiary/aromatic N) is 3. The lowest BCUT2D eigenvalue weighted by atomic mass is 10.1. The van der Waals surface area contributed by atoms with Crippen molar-refractivity contribution in [3.8, 4) is 11.5 Å². The first-order valence-corrected chi connectivity index (χ1v) is 9.02. The normalized spacial score (nSPS) is 10.8. The van der Waals surface area contributed by atoms with E-state index in [0.717, 1.165) is 5.39 Å². The number of rotatable bonds is 6. The summed E-state index contributed by atoms with van der Waals surface area (Å²) in [5.74, 6) is 0.305. The fraction of sp³-hybridized carbons (Fsp3) is 0.286. The number of benzene rings is 1. The maximum absolute atomic E-state index is 13.1. The molecule has 0 radical (unpaired) electrons. The van der Waals surface area contributed by atoms with Gasteiger partial charge in [-0.2, -0.15) is 0 Å². The number of carbonyl (C=O) groups is 2. The number of pyridine rings is 1. The molecule has 27 heavy (non-hydrogen) atoms. The number of amides is 2. The Hall–Kier alpha value is -3.15. The molecule has 6 nitrogen and oxygen atoms in total. The molecule has 3 aromatic rings. The van der Waals surface area contributed by atoms with Gasteiger partial charge in [0.1, 0.15) is 5.69 Å².